The Morgan fingerprint density at radius 2 is 1.61 bits per heavy atom. The van der Waals surface area contributed by atoms with Gasteiger partial charge in [-0.25, -0.2) is 9.59 Å². The number of urea groups is 1. The number of aromatic nitrogens is 1. The molecule has 0 spiro atoms. The molecular weight excluding hydrogens is 690 g/mol. The zero-order valence-corrected chi connectivity index (χ0v) is 30.7. The first kappa shape index (κ1) is 38.2. The summed E-state index contributed by atoms with van der Waals surface area (Å²) in [5, 5.41) is 8.44. The van der Waals surface area contributed by atoms with Crippen molar-refractivity contribution in [3.05, 3.63) is 114 Å². The highest BCUT2D eigenvalue weighted by molar-refractivity contribution is 6.05. The lowest BCUT2D eigenvalue weighted by molar-refractivity contribution is -0.180. The Labute approximate surface area is 315 Å². The Morgan fingerprint density at radius 1 is 0.852 bits per heavy atom. The molecule has 1 fully saturated rings. The Balaban J connectivity index is 0.800. The number of anilines is 3. The average Bonchev–Trinajstić information content (AvgIpc) is 3.53. The Hall–Kier alpha value is -5.50. The van der Waals surface area contributed by atoms with Gasteiger partial charge in [0.1, 0.15) is 11.9 Å². The molecule has 1 aromatic heterocycles. The van der Waals surface area contributed by atoms with Gasteiger partial charge in [-0.3, -0.25) is 9.78 Å². The number of ether oxygens (including phenoxy) is 5. The number of amides is 4. The van der Waals surface area contributed by atoms with E-state index in [1.807, 2.05) is 50.2 Å². The highest BCUT2D eigenvalue weighted by atomic mass is 16.7. The number of cyclic esters (lactones) is 1. The lowest BCUT2D eigenvalue weighted by Crippen LogP contribution is -2.35. The molecule has 284 valence electrons. The maximum absolute atomic E-state index is 12.7. The number of carbonyl (C=O) groups is 3. The van der Waals surface area contributed by atoms with Crippen molar-refractivity contribution in [1.82, 2.24) is 9.88 Å². The second kappa shape index (κ2) is 18.5. The minimum absolute atomic E-state index is 0.278. The monoisotopic (exact) mass is 737 g/mol. The van der Waals surface area contributed by atoms with Crippen molar-refractivity contribution >= 4 is 35.1 Å². The summed E-state index contributed by atoms with van der Waals surface area (Å²) in [6, 6.07) is 23.2. The van der Waals surface area contributed by atoms with E-state index >= 15 is 0 Å². The number of rotatable bonds is 17. The van der Waals surface area contributed by atoms with Crippen molar-refractivity contribution in [2.24, 2.45) is 0 Å². The molecule has 4 amide bonds. The Bertz CT molecular complexity index is 1890. The van der Waals surface area contributed by atoms with Gasteiger partial charge in [-0.1, -0.05) is 24.3 Å². The number of nitrogens with zero attached hydrogens (tertiary/aromatic N) is 2. The molecule has 0 unspecified atom stereocenters. The second-order valence-corrected chi connectivity index (χ2v) is 13.6. The topological polar surface area (TPSA) is 150 Å². The second-order valence-electron chi connectivity index (χ2n) is 13.6. The maximum Gasteiger partial charge on any atom is 0.410 e. The van der Waals surface area contributed by atoms with Crippen molar-refractivity contribution < 1.29 is 38.1 Å². The van der Waals surface area contributed by atoms with Crippen molar-refractivity contribution in [1.29, 1.82) is 0 Å². The quantitative estimate of drug-likeness (QED) is 0.0919. The molecule has 3 N–H and O–H groups in total. The lowest BCUT2D eigenvalue weighted by atomic mass is 10.0. The summed E-state index contributed by atoms with van der Waals surface area (Å²) in [4.78, 5) is 43.3. The molecule has 2 aliphatic rings. The first-order chi connectivity index (χ1) is 26.2. The fourth-order valence-electron chi connectivity index (χ4n) is 6.07. The summed E-state index contributed by atoms with van der Waals surface area (Å²) < 4.78 is 28.9. The van der Waals surface area contributed by atoms with Crippen LogP contribution < -0.4 is 20.7 Å². The molecule has 2 aliphatic heterocycles. The Kier molecular flexibility index (Phi) is 13.1. The molecule has 4 aromatic rings. The van der Waals surface area contributed by atoms with Gasteiger partial charge in [0.2, 0.25) is 5.79 Å². The van der Waals surface area contributed by atoms with Crippen LogP contribution >= 0.6 is 0 Å². The van der Waals surface area contributed by atoms with Crippen LogP contribution in [0.5, 0.6) is 5.75 Å². The van der Waals surface area contributed by atoms with Crippen LogP contribution in [0, 0.1) is 0 Å². The van der Waals surface area contributed by atoms with Gasteiger partial charge in [0.05, 0.1) is 25.3 Å². The van der Waals surface area contributed by atoms with Gasteiger partial charge < -0.3 is 44.5 Å². The first-order valence-corrected chi connectivity index (χ1v) is 18.3. The van der Waals surface area contributed by atoms with Crippen LogP contribution in [0.1, 0.15) is 72.7 Å². The van der Waals surface area contributed by atoms with Crippen LogP contribution in [0.4, 0.5) is 26.7 Å². The number of nitrogens with one attached hydrogen (secondary N) is 3. The molecule has 3 aromatic carbocycles. The van der Waals surface area contributed by atoms with Crippen molar-refractivity contribution in [2.45, 2.75) is 64.6 Å². The van der Waals surface area contributed by atoms with Gasteiger partial charge in [-0.2, -0.15) is 0 Å². The first-order valence-electron chi connectivity index (χ1n) is 18.3. The van der Waals surface area contributed by atoms with Gasteiger partial charge >= 0.3 is 12.1 Å². The number of hydrogen-bond acceptors (Lipinski definition) is 9. The minimum Gasteiger partial charge on any atom is -0.463 e. The van der Waals surface area contributed by atoms with E-state index < -0.39 is 11.8 Å². The van der Waals surface area contributed by atoms with Gasteiger partial charge in [0.25, 0.3) is 5.91 Å². The summed E-state index contributed by atoms with van der Waals surface area (Å²) in [6.07, 6.45) is 6.02. The molecule has 1 atom stereocenters. The van der Waals surface area contributed by atoms with E-state index in [1.165, 1.54) is 6.20 Å². The minimum atomic E-state index is -0.647. The molecular formula is C41H47N5O8. The van der Waals surface area contributed by atoms with Gasteiger partial charge in [0.15, 0.2) is 0 Å². The highest BCUT2D eigenvalue weighted by Crippen LogP contribution is 2.35. The Morgan fingerprint density at radius 3 is 2.43 bits per heavy atom. The van der Waals surface area contributed by atoms with Crippen LogP contribution in [0.2, 0.25) is 0 Å². The van der Waals surface area contributed by atoms with Crippen LogP contribution in [0.15, 0.2) is 91.3 Å². The predicted octanol–water partition coefficient (Wildman–Crippen LogP) is 7.91. The van der Waals surface area contributed by atoms with Crippen LogP contribution in [0.25, 0.3) is 0 Å². The maximum atomic E-state index is 12.7. The standard InChI is InChI=1S/C41H47N5O8/c1-41(2)52-28-32-23-30(15-16-36(32)54-41)37-26-46(40(49)53-37)18-4-3-5-19-50-20-9-21-51-27-29-10-6-12-33(22-29)44-39(48)45-35-14-7-13-34(24-35)43-38(47)31-11-8-17-42-25-31/h6-8,10-17,22-25,37H,3-5,9,18-21,26-28H2,1-2H3,(H,43,47)(H2,44,45,48)/t37-/m0/s1. The molecule has 0 saturated carbocycles. The third-order valence-electron chi connectivity index (χ3n) is 8.82. The summed E-state index contributed by atoms with van der Waals surface area (Å²) in [7, 11) is 0. The summed E-state index contributed by atoms with van der Waals surface area (Å²) in [5.74, 6) is -0.134. The van der Waals surface area contributed by atoms with E-state index in [0.717, 1.165) is 48.1 Å². The molecule has 13 nitrogen and oxygen atoms in total. The summed E-state index contributed by atoms with van der Waals surface area (Å²) in [6.45, 7) is 7.63. The summed E-state index contributed by atoms with van der Waals surface area (Å²) >= 11 is 0. The normalized spacial score (nSPS) is 15.9. The lowest BCUT2D eigenvalue weighted by Gasteiger charge is -2.32. The zero-order chi connectivity index (χ0) is 37.8. The molecule has 0 aliphatic carbocycles. The van der Waals surface area contributed by atoms with E-state index in [1.54, 1.807) is 53.6 Å². The number of pyridine rings is 1. The van der Waals surface area contributed by atoms with E-state index in [-0.39, 0.29) is 18.1 Å². The largest absolute Gasteiger partial charge is 0.463 e. The molecule has 0 radical (unpaired) electrons. The SMILES string of the molecule is CC1(C)OCc2cc([C@@H]3CN(CCCCCOCCCOCc4cccc(NC(=O)Nc5cccc(NC(=O)c6cccnc6)c5)c4)C(=O)O3)ccc2O1. The van der Waals surface area contributed by atoms with Crippen LogP contribution in [-0.2, 0) is 32.2 Å². The van der Waals surface area contributed by atoms with Gasteiger partial charge in [-0.05, 0) is 91.4 Å². The van der Waals surface area contributed by atoms with Crippen molar-refractivity contribution in [3.8, 4) is 5.75 Å². The number of carbonyl (C=O) groups excluding carboxylic acids is 3. The number of fused-ring (bicyclic) bond motifs is 1. The molecule has 54 heavy (non-hydrogen) atoms. The molecule has 1 saturated heterocycles. The third kappa shape index (κ3) is 11.3. The van der Waals surface area contributed by atoms with Crippen LogP contribution in [-0.4, -0.2) is 66.6 Å². The molecule has 3 heterocycles. The van der Waals surface area contributed by atoms with Gasteiger partial charge in [0, 0.05) is 75.2 Å². The highest BCUT2D eigenvalue weighted by Gasteiger charge is 2.33. The van der Waals surface area contributed by atoms with E-state index in [2.05, 4.69) is 20.9 Å². The van der Waals surface area contributed by atoms with E-state index in [4.69, 9.17) is 23.7 Å². The summed E-state index contributed by atoms with van der Waals surface area (Å²) in [5.41, 5.74) is 4.98. The average molecular weight is 738 g/mol. The van der Waals surface area contributed by atoms with E-state index in [9.17, 15) is 14.4 Å². The number of hydrogen-bond donors (Lipinski definition) is 3. The fourth-order valence-corrected chi connectivity index (χ4v) is 6.07. The van der Waals surface area contributed by atoms with Crippen LogP contribution in [0.3, 0.4) is 0 Å². The predicted molar refractivity (Wildman–Crippen MR) is 203 cm³/mol. The zero-order valence-electron chi connectivity index (χ0n) is 30.7. The third-order valence-corrected chi connectivity index (χ3v) is 8.82. The van der Waals surface area contributed by atoms with Gasteiger partial charge in [-0.15, -0.1) is 0 Å². The van der Waals surface area contributed by atoms with E-state index in [0.29, 0.717) is 68.7 Å². The number of unbranched alkanes of at least 4 members (excludes halogenated alkanes) is 2. The van der Waals surface area contributed by atoms with Crippen molar-refractivity contribution in [3.63, 3.8) is 0 Å². The molecule has 0 bridgehead atoms. The smallest absolute Gasteiger partial charge is 0.410 e. The fraction of sp³-hybridized carbons (Fsp3) is 0.366. The van der Waals surface area contributed by atoms with Crippen molar-refractivity contribution in [2.75, 3.05) is 48.9 Å². The molecule has 13 heteroatoms. The molecule has 6 rings (SSSR count). The number of benzene rings is 3.